The number of aliphatic hydroxyl groups is 1. The number of hydrogen-bond donors (Lipinski definition) is 2. The summed E-state index contributed by atoms with van der Waals surface area (Å²) in [7, 11) is 3.05. The lowest BCUT2D eigenvalue weighted by Crippen LogP contribution is -2.43. The second-order valence-electron chi connectivity index (χ2n) is 4.82. The first-order valence-electron chi connectivity index (χ1n) is 6.58. The molecule has 2 unspecified atom stereocenters. The van der Waals surface area contributed by atoms with Crippen LogP contribution in [0.15, 0.2) is 18.2 Å². The Balaban J connectivity index is 3.18. The highest BCUT2D eigenvalue weighted by Crippen LogP contribution is 2.36. The number of aliphatic carboxylic acids is 1. The van der Waals surface area contributed by atoms with Crippen LogP contribution in [-0.2, 0) is 4.79 Å². The standard InChI is InChI=1S/C15H22O5/c1-5-8-15(18,14(16)17)10(2)11-6-7-12(19-3)13(9-11)20-4/h6-7,9-10,18H,5,8H2,1-4H3,(H,16,17). The number of carboxylic acids is 1. The van der Waals surface area contributed by atoms with E-state index in [0.29, 0.717) is 23.5 Å². The predicted octanol–water partition coefficient (Wildman–Crippen LogP) is 2.42. The summed E-state index contributed by atoms with van der Waals surface area (Å²) in [5.41, 5.74) is -1.09. The monoisotopic (exact) mass is 282 g/mol. The van der Waals surface area contributed by atoms with Crippen LogP contribution in [0.1, 0.15) is 38.2 Å². The predicted molar refractivity (Wildman–Crippen MR) is 75.5 cm³/mol. The first-order chi connectivity index (χ1) is 9.40. The van der Waals surface area contributed by atoms with Crippen LogP contribution in [0.4, 0.5) is 0 Å². The van der Waals surface area contributed by atoms with Crippen molar-refractivity contribution in [3.05, 3.63) is 23.8 Å². The van der Waals surface area contributed by atoms with E-state index in [-0.39, 0.29) is 6.42 Å². The average molecular weight is 282 g/mol. The van der Waals surface area contributed by atoms with Crippen LogP contribution in [-0.4, -0.2) is 36.0 Å². The largest absolute Gasteiger partial charge is 0.493 e. The minimum absolute atomic E-state index is 0.192. The lowest BCUT2D eigenvalue weighted by Gasteiger charge is -2.30. The highest BCUT2D eigenvalue weighted by molar-refractivity contribution is 5.78. The molecule has 5 nitrogen and oxygen atoms in total. The molecule has 0 saturated heterocycles. The lowest BCUT2D eigenvalue weighted by atomic mass is 9.80. The summed E-state index contributed by atoms with van der Waals surface area (Å²) >= 11 is 0. The Labute approximate surface area is 119 Å². The number of hydrogen-bond acceptors (Lipinski definition) is 4. The van der Waals surface area contributed by atoms with Gasteiger partial charge in [0.15, 0.2) is 17.1 Å². The fourth-order valence-electron chi connectivity index (χ4n) is 2.29. The summed E-state index contributed by atoms with van der Waals surface area (Å²) < 4.78 is 10.4. The molecule has 0 aliphatic heterocycles. The maximum atomic E-state index is 11.4. The van der Waals surface area contributed by atoms with Gasteiger partial charge in [-0.1, -0.05) is 26.3 Å². The molecule has 0 aromatic heterocycles. The summed E-state index contributed by atoms with van der Waals surface area (Å²) in [5.74, 6) is -0.680. The topological polar surface area (TPSA) is 76.0 Å². The van der Waals surface area contributed by atoms with Gasteiger partial charge in [0.2, 0.25) is 0 Å². The summed E-state index contributed by atoms with van der Waals surface area (Å²) in [6.07, 6.45) is 0.776. The van der Waals surface area contributed by atoms with Crippen LogP contribution < -0.4 is 9.47 Å². The second kappa shape index (κ2) is 6.61. The van der Waals surface area contributed by atoms with Crippen LogP contribution in [0, 0.1) is 0 Å². The zero-order chi connectivity index (χ0) is 15.3. The van der Waals surface area contributed by atoms with E-state index < -0.39 is 17.5 Å². The van der Waals surface area contributed by atoms with Gasteiger partial charge in [0.05, 0.1) is 14.2 Å². The van der Waals surface area contributed by atoms with Crippen molar-refractivity contribution in [2.75, 3.05) is 14.2 Å². The smallest absolute Gasteiger partial charge is 0.336 e. The molecule has 5 heteroatoms. The number of ether oxygens (including phenoxy) is 2. The molecule has 0 heterocycles. The third-order valence-electron chi connectivity index (χ3n) is 3.63. The van der Waals surface area contributed by atoms with E-state index in [4.69, 9.17) is 9.47 Å². The Kier molecular flexibility index (Phi) is 5.39. The van der Waals surface area contributed by atoms with Gasteiger partial charge < -0.3 is 19.7 Å². The molecule has 1 rings (SSSR count). The quantitative estimate of drug-likeness (QED) is 0.803. The van der Waals surface area contributed by atoms with E-state index >= 15 is 0 Å². The van der Waals surface area contributed by atoms with Gasteiger partial charge >= 0.3 is 5.97 Å². The lowest BCUT2D eigenvalue weighted by molar-refractivity contribution is -0.161. The Morgan fingerprint density at radius 1 is 1.30 bits per heavy atom. The van der Waals surface area contributed by atoms with Crippen LogP contribution in [0.25, 0.3) is 0 Å². The first kappa shape index (κ1) is 16.3. The second-order valence-corrected chi connectivity index (χ2v) is 4.82. The number of rotatable bonds is 7. The van der Waals surface area contributed by atoms with E-state index in [0.717, 1.165) is 0 Å². The third kappa shape index (κ3) is 3.04. The number of benzene rings is 1. The van der Waals surface area contributed by atoms with Gasteiger partial charge in [-0.15, -0.1) is 0 Å². The first-order valence-corrected chi connectivity index (χ1v) is 6.58. The van der Waals surface area contributed by atoms with E-state index in [2.05, 4.69) is 0 Å². The highest BCUT2D eigenvalue weighted by atomic mass is 16.5. The Bertz CT molecular complexity index is 471. The molecule has 0 aliphatic rings. The van der Waals surface area contributed by atoms with Crippen molar-refractivity contribution in [2.45, 2.75) is 38.2 Å². The maximum Gasteiger partial charge on any atom is 0.336 e. The van der Waals surface area contributed by atoms with Gasteiger partial charge in [-0.25, -0.2) is 4.79 Å². The van der Waals surface area contributed by atoms with Crippen molar-refractivity contribution in [3.63, 3.8) is 0 Å². The number of carboxylic acid groups (broad SMARTS) is 1. The van der Waals surface area contributed by atoms with Crippen LogP contribution >= 0.6 is 0 Å². The molecule has 1 aromatic carbocycles. The number of methoxy groups -OCH3 is 2. The van der Waals surface area contributed by atoms with Crippen molar-refractivity contribution >= 4 is 5.97 Å². The fraction of sp³-hybridized carbons (Fsp3) is 0.533. The normalized spacial score (nSPS) is 15.2. The zero-order valence-electron chi connectivity index (χ0n) is 12.3. The fourth-order valence-corrected chi connectivity index (χ4v) is 2.29. The summed E-state index contributed by atoms with van der Waals surface area (Å²) in [6, 6.07) is 5.15. The molecule has 2 atom stereocenters. The molecule has 0 amide bonds. The molecular weight excluding hydrogens is 260 g/mol. The van der Waals surface area contributed by atoms with Gasteiger partial charge in [0.1, 0.15) is 0 Å². The maximum absolute atomic E-state index is 11.4. The Hall–Kier alpha value is -1.75. The van der Waals surface area contributed by atoms with E-state index in [1.807, 2.05) is 6.92 Å². The molecule has 20 heavy (non-hydrogen) atoms. The van der Waals surface area contributed by atoms with Crippen molar-refractivity contribution in [1.82, 2.24) is 0 Å². The van der Waals surface area contributed by atoms with Crippen molar-refractivity contribution in [1.29, 1.82) is 0 Å². The molecule has 2 N–H and O–H groups in total. The van der Waals surface area contributed by atoms with E-state index in [1.54, 1.807) is 25.1 Å². The van der Waals surface area contributed by atoms with Gasteiger partial charge in [-0.3, -0.25) is 0 Å². The van der Waals surface area contributed by atoms with Gasteiger partial charge in [-0.2, -0.15) is 0 Å². The average Bonchev–Trinajstić information content (AvgIpc) is 2.45. The van der Waals surface area contributed by atoms with E-state index in [9.17, 15) is 15.0 Å². The molecule has 0 spiro atoms. The minimum Gasteiger partial charge on any atom is -0.493 e. The minimum atomic E-state index is -1.78. The SMILES string of the molecule is CCCC(O)(C(=O)O)C(C)c1ccc(OC)c(OC)c1. The van der Waals surface area contributed by atoms with Crippen molar-refractivity contribution in [3.8, 4) is 11.5 Å². The molecule has 1 aromatic rings. The zero-order valence-corrected chi connectivity index (χ0v) is 12.3. The molecule has 0 saturated carbocycles. The molecule has 0 aliphatic carbocycles. The highest BCUT2D eigenvalue weighted by Gasteiger charge is 2.41. The summed E-state index contributed by atoms with van der Waals surface area (Å²) in [6.45, 7) is 3.54. The van der Waals surface area contributed by atoms with Gasteiger partial charge in [-0.05, 0) is 24.1 Å². The van der Waals surface area contributed by atoms with Crippen molar-refractivity contribution in [2.24, 2.45) is 0 Å². The van der Waals surface area contributed by atoms with Crippen LogP contribution in [0.2, 0.25) is 0 Å². The van der Waals surface area contributed by atoms with Gasteiger partial charge in [0.25, 0.3) is 0 Å². The number of carbonyl (C=O) groups is 1. The summed E-state index contributed by atoms with van der Waals surface area (Å²) in [5, 5.41) is 19.7. The van der Waals surface area contributed by atoms with Crippen LogP contribution in [0.3, 0.4) is 0 Å². The summed E-state index contributed by atoms with van der Waals surface area (Å²) in [4.78, 5) is 11.4. The van der Waals surface area contributed by atoms with Crippen LogP contribution in [0.5, 0.6) is 11.5 Å². The Morgan fingerprint density at radius 3 is 2.35 bits per heavy atom. The van der Waals surface area contributed by atoms with E-state index in [1.165, 1.54) is 14.2 Å². The van der Waals surface area contributed by atoms with Crippen molar-refractivity contribution < 1.29 is 24.5 Å². The molecule has 0 bridgehead atoms. The third-order valence-corrected chi connectivity index (χ3v) is 3.63. The molecule has 0 fully saturated rings. The van der Waals surface area contributed by atoms with Gasteiger partial charge in [0, 0.05) is 5.92 Å². The molecule has 0 radical (unpaired) electrons. The molecular formula is C15H22O5. The Morgan fingerprint density at radius 2 is 1.90 bits per heavy atom. The molecule has 112 valence electrons.